The summed E-state index contributed by atoms with van der Waals surface area (Å²) in [7, 11) is -2.54. The Kier molecular flexibility index (Phi) is 4.55. The SMILES string of the molecule is COc1ccc(C)cc1NS(=O)(=O)c1ccc(C)c([N+](=O)[O-])c1. The fraction of sp³-hybridized carbons (Fsp3) is 0.200. The Morgan fingerprint density at radius 3 is 2.43 bits per heavy atom. The Morgan fingerprint density at radius 1 is 1.13 bits per heavy atom. The molecule has 2 aromatic carbocycles. The number of nitro groups is 1. The number of sulfonamides is 1. The van der Waals surface area contributed by atoms with Crippen LogP contribution in [0.2, 0.25) is 0 Å². The second-order valence-electron chi connectivity index (χ2n) is 5.01. The van der Waals surface area contributed by atoms with E-state index in [4.69, 9.17) is 4.74 Å². The normalized spacial score (nSPS) is 11.1. The van der Waals surface area contributed by atoms with Crippen LogP contribution in [0, 0.1) is 24.0 Å². The molecule has 0 heterocycles. The van der Waals surface area contributed by atoms with Gasteiger partial charge in [0.2, 0.25) is 0 Å². The van der Waals surface area contributed by atoms with Crippen molar-refractivity contribution in [2.75, 3.05) is 11.8 Å². The largest absolute Gasteiger partial charge is 0.495 e. The zero-order chi connectivity index (χ0) is 17.2. The maximum absolute atomic E-state index is 12.5. The topological polar surface area (TPSA) is 98.5 Å². The van der Waals surface area contributed by atoms with Gasteiger partial charge in [-0.2, -0.15) is 0 Å². The number of methoxy groups -OCH3 is 1. The minimum Gasteiger partial charge on any atom is -0.495 e. The van der Waals surface area contributed by atoms with Crippen LogP contribution in [0.5, 0.6) is 5.75 Å². The summed E-state index contributed by atoms with van der Waals surface area (Å²) < 4.78 is 32.5. The van der Waals surface area contributed by atoms with Crippen molar-refractivity contribution in [1.29, 1.82) is 0 Å². The lowest BCUT2D eigenvalue weighted by Gasteiger charge is -2.12. The fourth-order valence-electron chi connectivity index (χ4n) is 2.06. The zero-order valence-corrected chi connectivity index (χ0v) is 13.7. The van der Waals surface area contributed by atoms with Gasteiger partial charge in [0.15, 0.2) is 0 Å². The Hall–Kier alpha value is -2.61. The second-order valence-corrected chi connectivity index (χ2v) is 6.70. The number of aryl methyl sites for hydroxylation is 2. The van der Waals surface area contributed by atoms with Crippen molar-refractivity contribution in [3.63, 3.8) is 0 Å². The van der Waals surface area contributed by atoms with Crippen LogP contribution in [0.1, 0.15) is 11.1 Å². The molecule has 0 unspecified atom stereocenters. The number of hydrogen-bond donors (Lipinski definition) is 1. The minimum absolute atomic E-state index is 0.182. The molecule has 8 heteroatoms. The molecule has 1 N–H and O–H groups in total. The number of anilines is 1. The zero-order valence-electron chi connectivity index (χ0n) is 12.9. The van der Waals surface area contributed by atoms with E-state index in [-0.39, 0.29) is 16.3 Å². The Morgan fingerprint density at radius 2 is 1.83 bits per heavy atom. The van der Waals surface area contributed by atoms with E-state index in [9.17, 15) is 18.5 Å². The number of nitrogens with zero attached hydrogens (tertiary/aromatic N) is 1. The summed E-state index contributed by atoms with van der Waals surface area (Å²) in [5, 5.41) is 11.0. The monoisotopic (exact) mass is 336 g/mol. The first-order chi connectivity index (χ1) is 10.7. The average molecular weight is 336 g/mol. The fourth-order valence-corrected chi connectivity index (χ4v) is 3.14. The average Bonchev–Trinajstić information content (AvgIpc) is 2.47. The van der Waals surface area contributed by atoms with Crippen molar-refractivity contribution in [2.45, 2.75) is 18.7 Å². The lowest BCUT2D eigenvalue weighted by Crippen LogP contribution is -2.14. The van der Waals surface area contributed by atoms with Crippen molar-refractivity contribution in [2.24, 2.45) is 0 Å². The molecule has 0 spiro atoms. The standard InChI is InChI=1S/C15H16N2O5S/c1-10-4-7-15(22-3)13(8-10)16-23(20,21)12-6-5-11(2)14(9-12)17(18)19/h4-9,16H,1-3H3. The first-order valence-corrected chi connectivity index (χ1v) is 8.15. The minimum atomic E-state index is -3.97. The quantitative estimate of drug-likeness (QED) is 0.668. The van der Waals surface area contributed by atoms with Gasteiger partial charge in [0.05, 0.1) is 22.6 Å². The molecule has 2 rings (SSSR count). The molecule has 0 aliphatic heterocycles. The van der Waals surface area contributed by atoms with E-state index in [1.165, 1.54) is 19.2 Å². The van der Waals surface area contributed by atoms with Crippen molar-refractivity contribution in [3.05, 3.63) is 57.6 Å². The maximum Gasteiger partial charge on any atom is 0.273 e. The highest BCUT2D eigenvalue weighted by molar-refractivity contribution is 7.92. The van der Waals surface area contributed by atoms with Crippen LogP contribution in [0.4, 0.5) is 11.4 Å². The lowest BCUT2D eigenvalue weighted by atomic mass is 10.2. The van der Waals surface area contributed by atoms with E-state index in [0.717, 1.165) is 11.6 Å². The Bertz CT molecular complexity index is 862. The van der Waals surface area contributed by atoms with Crippen LogP contribution in [-0.4, -0.2) is 20.5 Å². The molecule has 7 nitrogen and oxygen atoms in total. The summed E-state index contributed by atoms with van der Waals surface area (Å²) >= 11 is 0. The predicted octanol–water partition coefficient (Wildman–Crippen LogP) is 3.02. The Labute approximate surface area is 134 Å². The molecule has 0 atom stereocenters. The van der Waals surface area contributed by atoms with E-state index in [2.05, 4.69) is 4.72 Å². The lowest BCUT2D eigenvalue weighted by molar-refractivity contribution is -0.385. The smallest absolute Gasteiger partial charge is 0.273 e. The predicted molar refractivity (Wildman–Crippen MR) is 86.4 cm³/mol. The van der Waals surface area contributed by atoms with Gasteiger partial charge in [0.25, 0.3) is 15.7 Å². The van der Waals surface area contributed by atoms with E-state index in [1.807, 2.05) is 6.92 Å². The van der Waals surface area contributed by atoms with E-state index >= 15 is 0 Å². The van der Waals surface area contributed by atoms with Crippen molar-refractivity contribution in [1.82, 2.24) is 0 Å². The first-order valence-electron chi connectivity index (χ1n) is 6.67. The number of ether oxygens (including phenoxy) is 1. The Balaban J connectivity index is 2.46. The highest BCUT2D eigenvalue weighted by Gasteiger charge is 2.21. The molecule has 0 aromatic heterocycles. The van der Waals surface area contributed by atoms with Gasteiger partial charge < -0.3 is 4.74 Å². The van der Waals surface area contributed by atoms with Crippen LogP contribution in [0.15, 0.2) is 41.3 Å². The molecule has 0 aliphatic rings. The highest BCUT2D eigenvalue weighted by Crippen LogP contribution is 2.29. The summed E-state index contributed by atoms with van der Waals surface area (Å²) in [4.78, 5) is 10.2. The molecule has 0 radical (unpaired) electrons. The van der Waals surface area contributed by atoms with Crippen molar-refractivity contribution >= 4 is 21.4 Å². The summed E-state index contributed by atoms with van der Waals surface area (Å²) in [6, 6.07) is 8.82. The third-order valence-electron chi connectivity index (χ3n) is 3.29. The number of rotatable bonds is 5. The maximum atomic E-state index is 12.5. The van der Waals surface area contributed by atoms with Crippen LogP contribution in [-0.2, 0) is 10.0 Å². The molecule has 0 bridgehead atoms. The van der Waals surface area contributed by atoms with Gasteiger partial charge in [-0.15, -0.1) is 0 Å². The molecule has 2 aromatic rings. The summed E-state index contributed by atoms with van der Waals surface area (Å²) in [6.45, 7) is 3.36. The van der Waals surface area contributed by atoms with Gasteiger partial charge in [0.1, 0.15) is 5.75 Å². The third kappa shape index (κ3) is 3.59. The molecule has 0 aliphatic carbocycles. The van der Waals surface area contributed by atoms with Crippen molar-refractivity contribution in [3.8, 4) is 5.75 Å². The van der Waals surface area contributed by atoms with Gasteiger partial charge in [-0.25, -0.2) is 8.42 Å². The van der Waals surface area contributed by atoms with Crippen LogP contribution in [0.25, 0.3) is 0 Å². The summed E-state index contributed by atoms with van der Waals surface area (Å²) in [5.41, 5.74) is 1.26. The van der Waals surface area contributed by atoms with Gasteiger partial charge in [-0.05, 0) is 37.6 Å². The molecule has 0 saturated carbocycles. The molecular formula is C15H16N2O5S. The molecule has 0 fully saturated rings. The van der Waals surface area contributed by atoms with E-state index in [0.29, 0.717) is 11.3 Å². The van der Waals surface area contributed by atoms with Gasteiger partial charge in [0, 0.05) is 11.6 Å². The molecule has 23 heavy (non-hydrogen) atoms. The summed E-state index contributed by atoms with van der Waals surface area (Å²) in [5.74, 6) is 0.362. The number of benzene rings is 2. The van der Waals surface area contributed by atoms with E-state index < -0.39 is 14.9 Å². The van der Waals surface area contributed by atoms with Gasteiger partial charge >= 0.3 is 0 Å². The first kappa shape index (κ1) is 16.8. The molecular weight excluding hydrogens is 320 g/mol. The van der Waals surface area contributed by atoms with E-state index in [1.54, 1.807) is 25.1 Å². The molecule has 0 amide bonds. The number of nitro benzene ring substituents is 1. The summed E-state index contributed by atoms with van der Waals surface area (Å²) in [6.07, 6.45) is 0. The molecule has 122 valence electrons. The van der Waals surface area contributed by atoms with Crippen LogP contribution < -0.4 is 9.46 Å². The number of nitrogens with one attached hydrogen (secondary N) is 1. The highest BCUT2D eigenvalue weighted by atomic mass is 32.2. The van der Waals surface area contributed by atoms with Gasteiger partial charge in [-0.1, -0.05) is 12.1 Å². The second kappa shape index (κ2) is 6.25. The number of hydrogen-bond acceptors (Lipinski definition) is 5. The van der Waals surface area contributed by atoms with Crippen LogP contribution in [0.3, 0.4) is 0 Å². The molecule has 0 saturated heterocycles. The van der Waals surface area contributed by atoms with Crippen LogP contribution >= 0.6 is 0 Å². The van der Waals surface area contributed by atoms with Gasteiger partial charge in [-0.3, -0.25) is 14.8 Å². The van der Waals surface area contributed by atoms with Crippen molar-refractivity contribution < 1.29 is 18.1 Å². The third-order valence-corrected chi connectivity index (χ3v) is 4.65.